The van der Waals surface area contributed by atoms with E-state index >= 15 is 0 Å². The molecule has 0 saturated heterocycles. The van der Waals surface area contributed by atoms with Crippen molar-refractivity contribution in [2.24, 2.45) is 16.8 Å². The zero-order chi connectivity index (χ0) is 14.5. The Labute approximate surface area is 115 Å². The van der Waals surface area contributed by atoms with Gasteiger partial charge in [0.15, 0.2) is 0 Å². The smallest absolute Gasteiger partial charge is 0.216 e. The summed E-state index contributed by atoms with van der Waals surface area (Å²) in [6.45, 7) is 4.26. The fraction of sp³-hybridized carbons (Fsp3) is 0.917. The summed E-state index contributed by atoms with van der Waals surface area (Å²) in [6, 6.07) is 0. The Morgan fingerprint density at radius 2 is 2.00 bits per heavy atom. The second kappa shape index (κ2) is 7.09. The Kier molecular flexibility index (Phi) is 6.06. The van der Waals surface area contributed by atoms with Crippen molar-refractivity contribution in [2.75, 3.05) is 13.1 Å². The number of hydrogen-bond acceptors (Lipinski definition) is 4. The lowest BCUT2D eigenvalue weighted by Gasteiger charge is -2.30. The topological polar surface area (TPSA) is 96.0 Å². The van der Waals surface area contributed by atoms with Crippen molar-refractivity contribution in [2.45, 2.75) is 51.2 Å². The van der Waals surface area contributed by atoms with Crippen molar-refractivity contribution in [1.29, 1.82) is 0 Å². The number of nitrogens with two attached hydrogens (primary N) is 1. The highest BCUT2D eigenvalue weighted by Gasteiger charge is 2.33. The normalized spacial score (nSPS) is 20.7. The first-order valence-electron chi connectivity index (χ1n) is 6.89. The van der Waals surface area contributed by atoms with Gasteiger partial charge in [0.25, 0.3) is 0 Å². The van der Waals surface area contributed by atoms with Crippen LogP contribution in [0, 0.1) is 5.92 Å². The first-order valence-corrected chi connectivity index (χ1v) is 8.40. The molecule has 0 radical (unpaired) electrons. The van der Waals surface area contributed by atoms with E-state index in [1.54, 1.807) is 6.92 Å². The molecule has 112 valence electrons. The largest absolute Gasteiger partial charge is 0.409 e. The Bertz CT molecular complexity index is 402. The predicted molar refractivity (Wildman–Crippen MR) is 75.6 cm³/mol. The number of nitrogens with zero attached hydrogens (tertiary/aromatic N) is 2. The molecule has 1 aliphatic carbocycles. The van der Waals surface area contributed by atoms with Crippen molar-refractivity contribution < 1.29 is 13.6 Å². The molecular weight excluding hydrogens is 266 g/mol. The summed E-state index contributed by atoms with van der Waals surface area (Å²) in [5.41, 5.74) is 5.52. The quantitative estimate of drug-likeness (QED) is 0.334. The first kappa shape index (κ1) is 16.2. The van der Waals surface area contributed by atoms with Crippen LogP contribution in [0.3, 0.4) is 0 Å². The van der Waals surface area contributed by atoms with Gasteiger partial charge in [-0.3, -0.25) is 0 Å². The fourth-order valence-electron chi connectivity index (χ4n) is 2.48. The third kappa shape index (κ3) is 4.07. The molecule has 19 heavy (non-hydrogen) atoms. The monoisotopic (exact) mass is 291 g/mol. The zero-order valence-electron chi connectivity index (χ0n) is 11.7. The molecule has 0 spiro atoms. The Hall–Kier alpha value is -0.820. The summed E-state index contributed by atoms with van der Waals surface area (Å²) < 4.78 is 26.6. The lowest BCUT2D eigenvalue weighted by molar-refractivity contribution is 0.310. The fourth-order valence-corrected chi connectivity index (χ4v) is 4.63. The van der Waals surface area contributed by atoms with E-state index in [1.165, 1.54) is 4.31 Å². The molecule has 0 aliphatic heterocycles. The summed E-state index contributed by atoms with van der Waals surface area (Å²) in [6.07, 6.45) is 4.58. The van der Waals surface area contributed by atoms with E-state index in [0.29, 0.717) is 6.54 Å². The summed E-state index contributed by atoms with van der Waals surface area (Å²) in [7, 11) is -3.27. The van der Waals surface area contributed by atoms with Crippen LogP contribution in [0.15, 0.2) is 5.16 Å². The van der Waals surface area contributed by atoms with E-state index < -0.39 is 10.0 Å². The minimum atomic E-state index is -3.27. The van der Waals surface area contributed by atoms with Gasteiger partial charge in [0.05, 0.1) is 5.25 Å². The van der Waals surface area contributed by atoms with E-state index in [2.05, 4.69) is 5.16 Å². The van der Waals surface area contributed by atoms with Crippen molar-refractivity contribution in [3.8, 4) is 0 Å². The van der Waals surface area contributed by atoms with Crippen LogP contribution in [-0.4, -0.2) is 42.1 Å². The molecule has 3 N–H and O–H groups in total. The van der Waals surface area contributed by atoms with Crippen molar-refractivity contribution in [3.63, 3.8) is 0 Å². The molecule has 0 aromatic heterocycles. The molecule has 7 heteroatoms. The molecular formula is C12H25N3O3S. The molecule has 1 rings (SSSR count). The number of amidine groups is 1. The maximum absolute atomic E-state index is 12.5. The van der Waals surface area contributed by atoms with E-state index in [-0.39, 0.29) is 23.5 Å². The minimum absolute atomic E-state index is 0.0669. The maximum Gasteiger partial charge on any atom is 0.216 e. The summed E-state index contributed by atoms with van der Waals surface area (Å²) in [5.74, 6) is -0.222. The standard InChI is InChI=1S/C12H25N3O3S/c1-3-15(9-10(2)12(13)14-16)19(17,18)11-7-5-4-6-8-11/h10-11,16H,3-9H2,1-2H3,(H2,13,14). The van der Waals surface area contributed by atoms with Crippen LogP contribution in [0.5, 0.6) is 0 Å². The highest BCUT2D eigenvalue weighted by molar-refractivity contribution is 7.89. The number of hydrogen-bond donors (Lipinski definition) is 2. The third-order valence-electron chi connectivity index (χ3n) is 3.78. The SMILES string of the molecule is CCN(CC(C)/C(N)=N/O)S(=O)(=O)C1CCCCC1. The van der Waals surface area contributed by atoms with Gasteiger partial charge in [0, 0.05) is 19.0 Å². The van der Waals surface area contributed by atoms with Gasteiger partial charge in [-0.05, 0) is 12.8 Å². The lowest BCUT2D eigenvalue weighted by atomic mass is 10.0. The van der Waals surface area contributed by atoms with Crippen LogP contribution < -0.4 is 5.73 Å². The molecule has 1 saturated carbocycles. The molecule has 1 atom stereocenters. The Balaban J connectivity index is 2.77. The molecule has 0 aromatic carbocycles. The van der Waals surface area contributed by atoms with Crippen LogP contribution in [0.25, 0.3) is 0 Å². The molecule has 0 amide bonds. The van der Waals surface area contributed by atoms with Crippen molar-refractivity contribution in [3.05, 3.63) is 0 Å². The average Bonchev–Trinajstić information content (AvgIpc) is 2.44. The van der Waals surface area contributed by atoms with Crippen LogP contribution in [0.1, 0.15) is 46.0 Å². The van der Waals surface area contributed by atoms with Gasteiger partial charge in [0.2, 0.25) is 10.0 Å². The summed E-state index contributed by atoms with van der Waals surface area (Å²) in [4.78, 5) is 0. The minimum Gasteiger partial charge on any atom is -0.409 e. The van der Waals surface area contributed by atoms with Gasteiger partial charge in [0.1, 0.15) is 5.84 Å². The number of oxime groups is 1. The van der Waals surface area contributed by atoms with E-state index in [1.807, 2.05) is 6.92 Å². The summed E-state index contributed by atoms with van der Waals surface area (Å²) >= 11 is 0. The second-order valence-corrected chi connectivity index (χ2v) is 7.39. The molecule has 0 bridgehead atoms. The molecule has 1 unspecified atom stereocenters. The number of rotatable bonds is 6. The van der Waals surface area contributed by atoms with Gasteiger partial charge in [-0.1, -0.05) is 38.3 Å². The lowest BCUT2D eigenvalue weighted by Crippen LogP contribution is -2.43. The van der Waals surface area contributed by atoms with Gasteiger partial charge in [-0.15, -0.1) is 0 Å². The van der Waals surface area contributed by atoms with Gasteiger partial charge in [-0.2, -0.15) is 0 Å². The Morgan fingerprint density at radius 3 is 2.47 bits per heavy atom. The van der Waals surface area contributed by atoms with Crippen LogP contribution >= 0.6 is 0 Å². The highest BCUT2D eigenvalue weighted by Crippen LogP contribution is 2.26. The summed E-state index contributed by atoms with van der Waals surface area (Å²) in [5, 5.41) is 11.3. The molecule has 0 heterocycles. The molecule has 0 aromatic rings. The molecule has 6 nitrogen and oxygen atoms in total. The van der Waals surface area contributed by atoms with Gasteiger partial charge in [-0.25, -0.2) is 12.7 Å². The van der Waals surface area contributed by atoms with Crippen LogP contribution in [-0.2, 0) is 10.0 Å². The molecule has 1 fully saturated rings. The van der Waals surface area contributed by atoms with Crippen LogP contribution in [0.4, 0.5) is 0 Å². The number of sulfonamides is 1. The van der Waals surface area contributed by atoms with Gasteiger partial charge >= 0.3 is 0 Å². The third-order valence-corrected chi connectivity index (χ3v) is 6.22. The predicted octanol–water partition coefficient (Wildman–Crippen LogP) is 1.35. The second-order valence-electron chi connectivity index (χ2n) is 5.18. The van der Waals surface area contributed by atoms with Crippen molar-refractivity contribution in [1.82, 2.24) is 4.31 Å². The Morgan fingerprint density at radius 1 is 1.42 bits per heavy atom. The van der Waals surface area contributed by atoms with Gasteiger partial charge < -0.3 is 10.9 Å². The highest BCUT2D eigenvalue weighted by atomic mass is 32.2. The van der Waals surface area contributed by atoms with E-state index in [0.717, 1.165) is 32.1 Å². The van der Waals surface area contributed by atoms with Crippen molar-refractivity contribution >= 4 is 15.9 Å². The van der Waals surface area contributed by atoms with E-state index in [4.69, 9.17) is 10.9 Å². The molecule has 1 aliphatic rings. The zero-order valence-corrected chi connectivity index (χ0v) is 12.6. The van der Waals surface area contributed by atoms with E-state index in [9.17, 15) is 8.42 Å². The average molecular weight is 291 g/mol. The maximum atomic E-state index is 12.5. The first-order chi connectivity index (χ1) is 8.93. The van der Waals surface area contributed by atoms with Crippen LogP contribution in [0.2, 0.25) is 0 Å².